The lowest BCUT2D eigenvalue weighted by atomic mass is 10.0. The molecule has 0 bridgehead atoms. The maximum absolute atomic E-state index is 9.02. The predicted molar refractivity (Wildman–Crippen MR) is 155 cm³/mol. The zero-order valence-corrected chi connectivity index (χ0v) is 22.2. The van der Waals surface area contributed by atoms with Crippen LogP contribution in [0.4, 0.5) is 5.82 Å². The number of pyridine rings is 1. The molecule has 192 valence electrons. The average molecular weight is 530 g/mol. The van der Waals surface area contributed by atoms with Crippen LogP contribution in [0.15, 0.2) is 91.4 Å². The molecule has 0 saturated carbocycles. The van der Waals surface area contributed by atoms with Crippen molar-refractivity contribution in [1.82, 2.24) is 24.8 Å². The van der Waals surface area contributed by atoms with Crippen molar-refractivity contribution in [3.63, 3.8) is 0 Å². The summed E-state index contributed by atoms with van der Waals surface area (Å²) in [5.74, 6) is 0.921. The van der Waals surface area contributed by atoms with Gasteiger partial charge in [0.15, 0.2) is 0 Å². The number of thiazole rings is 1. The molecule has 1 N–H and O–H groups in total. The van der Waals surface area contributed by atoms with Crippen LogP contribution in [0.5, 0.6) is 0 Å². The number of nitrogens with one attached hydrogen (secondary N) is 1. The summed E-state index contributed by atoms with van der Waals surface area (Å²) in [5, 5.41) is 13.5. The van der Waals surface area contributed by atoms with Crippen molar-refractivity contribution in [2.24, 2.45) is 0 Å². The molecule has 5 aromatic rings. The van der Waals surface area contributed by atoms with Gasteiger partial charge in [-0.05, 0) is 42.2 Å². The van der Waals surface area contributed by atoms with Gasteiger partial charge < -0.3 is 5.32 Å². The Morgan fingerprint density at radius 2 is 1.62 bits per heavy atom. The van der Waals surface area contributed by atoms with E-state index in [1.54, 1.807) is 17.5 Å². The summed E-state index contributed by atoms with van der Waals surface area (Å²) in [7, 11) is 0. The summed E-state index contributed by atoms with van der Waals surface area (Å²) in [6, 6.07) is 27.5. The average Bonchev–Trinajstić information content (AvgIpc) is 3.45. The molecule has 0 spiro atoms. The van der Waals surface area contributed by atoms with E-state index in [-0.39, 0.29) is 5.82 Å². The first kappa shape index (κ1) is 24.9. The van der Waals surface area contributed by atoms with Gasteiger partial charge in [-0.25, -0.2) is 15.0 Å². The first-order chi connectivity index (χ1) is 19.2. The molecule has 8 heteroatoms. The van der Waals surface area contributed by atoms with Gasteiger partial charge in [-0.2, -0.15) is 5.26 Å². The molecular formula is C31H27N7S. The molecule has 0 radical (unpaired) electrons. The van der Waals surface area contributed by atoms with Crippen molar-refractivity contribution in [3.05, 3.63) is 103 Å². The molecule has 0 atom stereocenters. The fourth-order valence-corrected chi connectivity index (χ4v) is 5.98. The Kier molecular flexibility index (Phi) is 7.34. The van der Waals surface area contributed by atoms with Crippen LogP contribution >= 0.6 is 11.3 Å². The largest absolute Gasteiger partial charge is 0.367 e. The Morgan fingerprint density at radius 1 is 0.846 bits per heavy atom. The Bertz CT molecular complexity index is 1570. The minimum atomic E-state index is 0.198. The van der Waals surface area contributed by atoms with Crippen LogP contribution in [0.1, 0.15) is 24.2 Å². The van der Waals surface area contributed by atoms with Gasteiger partial charge in [0.25, 0.3) is 0 Å². The monoisotopic (exact) mass is 529 g/mol. The third-order valence-corrected chi connectivity index (χ3v) is 8.07. The molecule has 0 unspecified atom stereocenters. The van der Waals surface area contributed by atoms with Crippen molar-refractivity contribution in [2.75, 3.05) is 18.4 Å². The van der Waals surface area contributed by atoms with Crippen LogP contribution < -0.4 is 5.32 Å². The van der Waals surface area contributed by atoms with E-state index < -0.39 is 0 Å². The zero-order valence-electron chi connectivity index (χ0n) is 21.4. The number of benzene rings is 2. The van der Waals surface area contributed by atoms with Gasteiger partial charge in [0.1, 0.15) is 16.9 Å². The highest BCUT2D eigenvalue weighted by Crippen LogP contribution is 2.40. The van der Waals surface area contributed by atoms with Gasteiger partial charge in [0, 0.05) is 55.4 Å². The van der Waals surface area contributed by atoms with E-state index >= 15 is 0 Å². The number of nitriles is 1. The standard InChI is InChI=1S/C31H27N7S/c32-20-28-34-17-12-27(36-28)35-26-13-18-38(19-14-26)21-22-6-8-24(9-7-22)30-29(23-4-2-1-3-5-23)37-31(39-30)25-10-15-33-16-11-25/h1-12,15-17,26H,13-14,18-19,21H2,(H,34,35,36). The topological polar surface area (TPSA) is 90.6 Å². The number of aromatic nitrogens is 4. The molecule has 39 heavy (non-hydrogen) atoms. The molecule has 0 aliphatic carbocycles. The lowest BCUT2D eigenvalue weighted by Crippen LogP contribution is -2.38. The molecule has 3 aromatic heterocycles. The Labute approximate surface area is 231 Å². The van der Waals surface area contributed by atoms with E-state index in [0.29, 0.717) is 6.04 Å². The highest BCUT2D eigenvalue weighted by molar-refractivity contribution is 7.19. The summed E-state index contributed by atoms with van der Waals surface area (Å²) in [5.41, 5.74) is 5.70. The van der Waals surface area contributed by atoms with E-state index in [2.05, 4.69) is 73.7 Å². The van der Waals surface area contributed by atoms with Gasteiger partial charge >= 0.3 is 0 Å². The minimum Gasteiger partial charge on any atom is -0.367 e. The highest BCUT2D eigenvalue weighted by atomic mass is 32.1. The lowest BCUT2D eigenvalue weighted by molar-refractivity contribution is 0.211. The second-order valence-corrected chi connectivity index (χ2v) is 10.6. The van der Waals surface area contributed by atoms with Gasteiger partial charge in [-0.15, -0.1) is 11.3 Å². The van der Waals surface area contributed by atoms with Crippen molar-refractivity contribution >= 4 is 17.2 Å². The molecule has 2 aromatic carbocycles. The van der Waals surface area contributed by atoms with Crippen LogP contribution in [0.3, 0.4) is 0 Å². The Hall–Kier alpha value is -4.45. The first-order valence-corrected chi connectivity index (χ1v) is 13.8. The highest BCUT2D eigenvalue weighted by Gasteiger charge is 2.20. The van der Waals surface area contributed by atoms with Crippen LogP contribution in [-0.2, 0) is 6.54 Å². The fourth-order valence-electron chi connectivity index (χ4n) is 4.88. The van der Waals surface area contributed by atoms with Gasteiger partial charge in [-0.1, -0.05) is 54.6 Å². The van der Waals surface area contributed by atoms with Crippen LogP contribution in [0.25, 0.3) is 32.3 Å². The molecule has 1 fully saturated rings. The molecule has 7 nitrogen and oxygen atoms in total. The summed E-state index contributed by atoms with van der Waals surface area (Å²) < 4.78 is 0. The van der Waals surface area contributed by atoms with Crippen LogP contribution in [0.2, 0.25) is 0 Å². The predicted octanol–water partition coefficient (Wildman–Crippen LogP) is 6.28. The molecule has 4 heterocycles. The second-order valence-electron chi connectivity index (χ2n) is 9.57. The van der Waals surface area contributed by atoms with Crippen molar-refractivity contribution in [2.45, 2.75) is 25.4 Å². The number of piperidine rings is 1. The number of hydrogen-bond donors (Lipinski definition) is 1. The number of anilines is 1. The molecule has 0 amide bonds. The SMILES string of the molecule is N#Cc1nccc(NC2CCN(Cc3ccc(-c4sc(-c5ccncc5)nc4-c4ccccc4)cc3)CC2)n1. The summed E-state index contributed by atoms with van der Waals surface area (Å²) in [4.78, 5) is 21.1. The second kappa shape index (κ2) is 11.5. The third kappa shape index (κ3) is 5.85. The third-order valence-electron chi connectivity index (χ3n) is 6.92. The van der Waals surface area contributed by atoms with Gasteiger partial charge in [0.2, 0.25) is 5.82 Å². The number of likely N-dealkylation sites (tertiary alicyclic amines) is 1. The number of nitrogens with zero attached hydrogens (tertiary/aromatic N) is 6. The first-order valence-electron chi connectivity index (χ1n) is 13.0. The van der Waals surface area contributed by atoms with Crippen LogP contribution in [0, 0.1) is 11.3 Å². The van der Waals surface area contributed by atoms with E-state index in [0.717, 1.165) is 60.1 Å². The molecular weight excluding hydrogens is 502 g/mol. The lowest BCUT2D eigenvalue weighted by Gasteiger charge is -2.32. The smallest absolute Gasteiger partial charge is 0.234 e. The van der Waals surface area contributed by atoms with Gasteiger partial charge in [-0.3, -0.25) is 9.88 Å². The molecule has 1 aliphatic heterocycles. The van der Waals surface area contributed by atoms with E-state index in [9.17, 15) is 0 Å². The Morgan fingerprint density at radius 3 is 2.36 bits per heavy atom. The number of hydrogen-bond acceptors (Lipinski definition) is 8. The number of rotatable bonds is 7. The minimum absolute atomic E-state index is 0.198. The maximum atomic E-state index is 9.02. The zero-order chi connectivity index (χ0) is 26.4. The summed E-state index contributed by atoms with van der Waals surface area (Å²) >= 11 is 1.72. The van der Waals surface area contributed by atoms with Crippen LogP contribution in [-0.4, -0.2) is 44.0 Å². The molecule has 6 rings (SSSR count). The van der Waals surface area contributed by atoms with E-state index in [1.165, 1.54) is 16.0 Å². The Balaban J connectivity index is 1.14. The summed E-state index contributed by atoms with van der Waals surface area (Å²) in [6.45, 7) is 2.95. The van der Waals surface area contributed by atoms with E-state index in [1.807, 2.05) is 42.7 Å². The van der Waals surface area contributed by atoms with E-state index in [4.69, 9.17) is 10.2 Å². The van der Waals surface area contributed by atoms with Gasteiger partial charge in [0.05, 0.1) is 10.6 Å². The molecule has 1 saturated heterocycles. The maximum Gasteiger partial charge on any atom is 0.234 e. The molecule has 1 aliphatic rings. The van der Waals surface area contributed by atoms with Crippen molar-refractivity contribution in [3.8, 4) is 38.3 Å². The van der Waals surface area contributed by atoms with Crippen molar-refractivity contribution in [1.29, 1.82) is 5.26 Å². The normalized spacial score (nSPS) is 14.1. The van der Waals surface area contributed by atoms with Crippen molar-refractivity contribution < 1.29 is 0 Å². The fraction of sp³-hybridized carbons (Fsp3) is 0.194. The quantitative estimate of drug-likeness (QED) is 0.265. The summed E-state index contributed by atoms with van der Waals surface area (Å²) in [6.07, 6.45) is 7.31.